The van der Waals surface area contributed by atoms with Crippen molar-refractivity contribution in [3.8, 4) is 6.07 Å². The lowest BCUT2D eigenvalue weighted by Gasteiger charge is -2.23. The van der Waals surface area contributed by atoms with Crippen molar-refractivity contribution in [2.75, 3.05) is 0 Å². The second kappa shape index (κ2) is 4.30. The molecule has 0 aromatic rings. The molecule has 0 amide bonds. The molecule has 0 aliphatic carbocycles. The van der Waals surface area contributed by atoms with Gasteiger partial charge in [-0.25, -0.2) is 0 Å². The van der Waals surface area contributed by atoms with Gasteiger partial charge in [0.05, 0.1) is 6.07 Å². The van der Waals surface area contributed by atoms with Gasteiger partial charge in [-0.05, 0) is 46.8 Å². The minimum absolute atomic E-state index is 0.282. The quantitative estimate of drug-likeness (QED) is 0.632. The van der Waals surface area contributed by atoms with E-state index < -0.39 is 4.75 Å². The van der Waals surface area contributed by atoms with Gasteiger partial charge in [0.25, 0.3) is 0 Å². The normalized spacial score (nSPS) is 12.0. The molecule has 74 valence electrons. The third-order valence-corrected chi connectivity index (χ3v) is 2.18. The van der Waals surface area contributed by atoms with E-state index in [4.69, 9.17) is 22.2 Å². The lowest BCUT2D eigenvalue weighted by molar-refractivity contribution is 0.127. The highest BCUT2D eigenvalue weighted by Crippen LogP contribution is 2.27. The molecular formula is C9H15NOS2. The topological polar surface area (TPSA) is 33.0 Å². The molecule has 0 aromatic carbocycles. The third kappa shape index (κ3) is 6.85. The van der Waals surface area contributed by atoms with Gasteiger partial charge in [0.15, 0.2) is 0 Å². The number of hydrogen-bond donors (Lipinski definition) is 0. The minimum Gasteiger partial charge on any atom is -0.473 e. The van der Waals surface area contributed by atoms with Crippen LogP contribution in [0.4, 0.5) is 0 Å². The largest absolute Gasteiger partial charge is 0.473 e. The second-order valence-corrected chi connectivity index (χ2v) is 6.41. The molecule has 0 N–H and O–H groups in total. The van der Waals surface area contributed by atoms with Crippen molar-refractivity contribution >= 4 is 28.4 Å². The van der Waals surface area contributed by atoms with E-state index in [0.717, 1.165) is 0 Å². The number of nitriles is 1. The molecule has 0 saturated carbocycles. The summed E-state index contributed by atoms with van der Waals surface area (Å²) in [5, 5.41) is 8.76. The molecule has 0 aromatic heterocycles. The lowest BCUT2D eigenvalue weighted by atomic mass is 10.2. The summed E-state index contributed by atoms with van der Waals surface area (Å²) in [7, 11) is 0. The van der Waals surface area contributed by atoms with Crippen molar-refractivity contribution in [1.29, 1.82) is 5.26 Å². The predicted molar refractivity (Wildman–Crippen MR) is 60.7 cm³/mol. The van der Waals surface area contributed by atoms with Crippen LogP contribution >= 0.6 is 24.0 Å². The van der Waals surface area contributed by atoms with Gasteiger partial charge < -0.3 is 4.74 Å². The molecule has 0 rings (SSSR count). The van der Waals surface area contributed by atoms with Crippen LogP contribution in [0.2, 0.25) is 0 Å². The molecule has 2 nitrogen and oxygen atoms in total. The molecular weight excluding hydrogens is 202 g/mol. The Balaban J connectivity index is 4.13. The Morgan fingerprint density at radius 1 is 1.31 bits per heavy atom. The molecule has 0 spiro atoms. The maximum absolute atomic E-state index is 8.76. The molecule has 0 bridgehead atoms. The van der Waals surface area contributed by atoms with E-state index in [1.165, 1.54) is 11.8 Å². The van der Waals surface area contributed by atoms with Gasteiger partial charge in [0.1, 0.15) is 10.3 Å². The van der Waals surface area contributed by atoms with Gasteiger partial charge in [-0.15, -0.1) is 0 Å². The van der Waals surface area contributed by atoms with E-state index in [-0.39, 0.29) is 5.60 Å². The fourth-order valence-corrected chi connectivity index (χ4v) is 2.13. The van der Waals surface area contributed by atoms with E-state index in [9.17, 15) is 0 Å². The number of thiocarbonyl (C=S) groups is 1. The first-order valence-corrected chi connectivity index (χ1v) is 5.22. The van der Waals surface area contributed by atoms with Gasteiger partial charge in [0.2, 0.25) is 4.38 Å². The number of hydrogen-bond acceptors (Lipinski definition) is 4. The highest BCUT2D eigenvalue weighted by Gasteiger charge is 2.23. The summed E-state index contributed by atoms with van der Waals surface area (Å²) in [5.74, 6) is 0. The Morgan fingerprint density at radius 2 is 1.77 bits per heavy atom. The Morgan fingerprint density at radius 3 is 2.08 bits per heavy atom. The summed E-state index contributed by atoms with van der Waals surface area (Å²) in [4.78, 5) is 0. The van der Waals surface area contributed by atoms with Crippen LogP contribution in [0, 0.1) is 11.3 Å². The van der Waals surface area contributed by atoms with Crippen LogP contribution in [0.1, 0.15) is 34.6 Å². The van der Waals surface area contributed by atoms with Crippen LogP contribution in [0.5, 0.6) is 0 Å². The molecule has 0 fully saturated rings. The number of ether oxygens (including phenoxy) is 1. The fourth-order valence-electron chi connectivity index (χ4n) is 0.502. The van der Waals surface area contributed by atoms with E-state index in [1.54, 1.807) is 0 Å². The van der Waals surface area contributed by atoms with Crippen LogP contribution in [0.25, 0.3) is 0 Å². The molecule has 0 heterocycles. The average molecular weight is 217 g/mol. The van der Waals surface area contributed by atoms with Crippen LogP contribution < -0.4 is 0 Å². The van der Waals surface area contributed by atoms with E-state index in [2.05, 4.69) is 6.07 Å². The summed E-state index contributed by atoms with van der Waals surface area (Å²) in [6.45, 7) is 9.42. The summed E-state index contributed by atoms with van der Waals surface area (Å²) in [5.41, 5.74) is -0.282. The van der Waals surface area contributed by atoms with E-state index >= 15 is 0 Å². The summed E-state index contributed by atoms with van der Waals surface area (Å²) in [6.07, 6.45) is 0. The predicted octanol–water partition coefficient (Wildman–Crippen LogP) is 3.12. The zero-order valence-corrected chi connectivity index (χ0v) is 10.3. The smallest absolute Gasteiger partial charge is 0.222 e. The fraction of sp³-hybridized carbons (Fsp3) is 0.778. The maximum Gasteiger partial charge on any atom is 0.222 e. The highest BCUT2D eigenvalue weighted by atomic mass is 32.2. The van der Waals surface area contributed by atoms with Gasteiger partial charge >= 0.3 is 0 Å². The van der Waals surface area contributed by atoms with Crippen molar-refractivity contribution in [1.82, 2.24) is 0 Å². The first-order chi connectivity index (χ1) is 5.66. The zero-order valence-electron chi connectivity index (χ0n) is 8.67. The molecule has 0 saturated heterocycles. The zero-order chi connectivity index (χ0) is 10.7. The van der Waals surface area contributed by atoms with E-state index in [1.807, 2.05) is 34.6 Å². The van der Waals surface area contributed by atoms with Crippen LogP contribution in [0.15, 0.2) is 0 Å². The maximum atomic E-state index is 8.76. The Labute approximate surface area is 89.6 Å². The monoisotopic (exact) mass is 217 g/mol. The Hall–Kier alpha value is -0.270. The molecule has 0 unspecified atom stereocenters. The van der Waals surface area contributed by atoms with Crippen molar-refractivity contribution in [2.45, 2.75) is 45.0 Å². The van der Waals surface area contributed by atoms with Crippen molar-refractivity contribution in [3.63, 3.8) is 0 Å². The molecule has 0 aliphatic heterocycles. The van der Waals surface area contributed by atoms with Gasteiger partial charge in [-0.2, -0.15) is 5.26 Å². The molecule has 4 heteroatoms. The van der Waals surface area contributed by atoms with Crippen molar-refractivity contribution in [3.05, 3.63) is 0 Å². The molecule has 0 atom stereocenters. The second-order valence-electron chi connectivity index (χ2n) is 4.19. The van der Waals surface area contributed by atoms with Gasteiger partial charge in [0, 0.05) is 0 Å². The number of rotatable bonds is 1. The first kappa shape index (κ1) is 12.7. The van der Waals surface area contributed by atoms with Crippen LogP contribution in [-0.2, 0) is 4.74 Å². The minimum atomic E-state index is -0.512. The summed E-state index contributed by atoms with van der Waals surface area (Å²) >= 11 is 6.28. The standard InChI is InChI=1S/C9H15NOS2/c1-8(2,3)11-7(12)13-9(4,5)6-10/h1-5H3. The SMILES string of the molecule is CC(C)(C)OC(=S)SC(C)(C)C#N. The van der Waals surface area contributed by atoms with E-state index in [0.29, 0.717) is 4.38 Å². The van der Waals surface area contributed by atoms with Crippen LogP contribution in [-0.4, -0.2) is 14.7 Å². The highest BCUT2D eigenvalue weighted by molar-refractivity contribution is 8.23. The van der Waals surface area contributed by atoms with Crippen molar-refractivity contribution in [2.24, 2.45) is 0 Å². The third-order valence-electron chi connectivity index (χ3n) is 0.997. The first-order valence-electron chi connectivity index (χ1n) is 3.99. The average Bonchev–Trinajstić information content (AvgIpc) is 1.81. The van der Waals surface area contributed by atoms with Crippen molar-refractivity contribution < 1.29 is 4.74 Å². The van der Waals surface area contributed by atoms with Gasteiger partial charge in [-0.1, -0.05) is 11.8 Å². The Kier molecular flexibility index (Phi) is 4.21. The molecule has 13 heavy (non-hydrogen) atoms. The summed E-state index contributed by atoms with van der Waals surface area (Å²) < 4.78 is 5.34. The Bertz CT molecular complexity index is 235. The molecule has 0 radical (unpaired) electrons. The lowest BCUT2D eigenvalue weighted by Crippen LogP contribution is -2.24. The summed E-state index contributed by atoms with van der Waals surface area (Å²) in [6, 6.07) is 2.15. The molecule has 0 aliphatic rings. The number of thioether (sulfide) groups is 1. The van der Waals surface area contributed by atoms with Crippen LogP contribution in [0.3, 0.4) is 0 Å². The van der Waals surface area contributed by atoms with Gasteiger partial charge in [-0.3, -0.25) is 0 Å². The number of nitrogens with zero attached hydrogens (tertiary/aromatic N) is 1.